The number of hydrogen-bond acceptors (Lipinski definition) is 3. The molecule has 0 saturated carbocycles. The molecule has 1 aliphatic rings. The van der Waals surface area contributed by atoms with Crippen molar-refractivity contribution in [3.05, 3.63) is 113 Å². The van der Waals surface area contributed by atoms with Crippen LogP contribution in [0.2, 0.25) is 0 Å². The minimum Gasteiger partial charge on any atom is -0.352 e. The summed E-state index contributed by atoms with van der Waals surface area (Å²) in [5.41, 5.74) is 8.76. The average Bonchev–Trinajstić information content (AvgIpc) is 3.43. The van der Waals surface area contributed by atoms with Crippen molar-refractivity contribution in [1.82, 2.24) is 19.8 Å². The van der Waals surface area contributed by atoms with Gasteiger partial charge in [-0.1, -0.05) is 48.9 Å². The maximum absolute atomic E-state index is 13.1. The molecule has 5 rings (SSSR count). The molecule has 2 aromatic carbocycles. The number of carbonyl (C=O) groups is 1. The molecule has 0 spiro atoms. The second-order valence-corrected chi connectivity index (χ2v) is 10.5. The number of aromatic nitrogens is 2. The molecule has 6 nitrogen and oxygen atoms in total. The zero-order chi connectivity index (χ0) is 27.5. The molecule has 3 heterocycles. The van der Waals surface area contributed by atoms with E-state index in [1.54, 1.807) is 0 Å². The highest BCUT2D eigenvalue weighted by Crippen LogP contribution is 2.41. The van der Waals surface area contributed by atoms with Crippen LogP contribution in [-0.2, 0) is 11.2 Å². The van der Waals surface area contributed by atoms with Crippen molar-refractivity contribution >= 4 is 28.9 Å². The minimum atomic E-state index is -0.130. The van der Waals surface area contributed by atoms with Crippen molar-refractivity contribution in [1.29, 1.82) is 0 Å². The summed E-state index contributed by atoms with van der Waals surface area (Å²) in [5, 5.41) is 7.26. The number of carbonyl (C=O) groups excluding carboxylic acids is 1. The van der Waals surface area contributed by atoms with E-state index in [9.17, 15) is 4.79 Å². The smallest absolute Gasteiger partial charge is 0.226 e. The van der Waals surface area contributed by atoms with Gasteiger partial charge in [0, 0.05) is 41.9 Å². The second kappa shape index (κ2) is 11.4. The molecule has 0 unspecified atom stereocenters. The van der Waals surface area contributed by atoms with E-state index in [2.05, 4.69) is 83.1 Å². The highest BCUT2D eigenvalue weighted by atomic mass is 32.1. The first kappa shape index (κ1) is 26.6. The van der Waals surface area contributed by atoms with E-state index in [1.807, 2.05) is 48.7 Å². The summed E-state index contributed by atoms with van der Waals surface area (Å²) in [6.07, 6.45) is 3.00. The maximum Gasteiger partial charge on any atom is 0.226 e. The van der Waals surface area contributed by atoms with Crippen LogP contribution in [0.15, 0.2) is 79.0 Å². The molecule has 2 atom stereocenters. The predicted molar refractivity (Wildman–Crippen MR) is 161 cm³/mol. The molecule has 2 N–H and O–H groups in total. The van der Waals surface area contributed by atoms with Crippen LogP contribution in [0.4, 0.5) is 5.69 Å². The van der Waals surface area contributed by atoms with Crippen LogP contribution in [0, 0.1) is 20.8 Å². The highest BCUT2D eigenvalue weighted by Gasteiger charge is 2.41. The summed E-state index contributed by atoms with van der Waals surface area (Å²) in [7, 11) is 0. The normalized spacial score (nSPS) is 16.8. The first-order valence-electron chi connectivity index (χ1n) is 13.5. The van der Waals surface area contributed by atoms with Crippen molar-refractivity contribution in [2.45, 2.75) is 52.6 Å². The van der Waals surface area contributed by atoms with Gasteiger partial charge in [-0.15, -0.1) is 0 Å². The number of para-hydroxylation sites is 1. The monoisotopic (exact) mass is 537 g/mol. The quantitative estimate of drug-likeness (QED) is 0.256. The number of anilines is 1. The molecule has 1 fully saturated rings. The molecule has 1 amide bonds. The Morgan fingerprint density at radius 3 is 2.49 bits per heavy atom. The number of rotatable bonds is 8. The first-order chi connectivity index (χ1) is 18.9. The standard InChI is InChI=1S/C32H35N5OS/c1-5-24-10-6-7-11-27(24)34-29(38)17-19-36-31(30(35-32(36)39)28-12-8-9-18-33-28)26-20-22(3)37(23(26)4)25-15-13-21(2)14-16-25/h6-16,18,20,30-31H,5,17,19H2,1-4H3,(H,34,38)(H,35,39)/t30-,31+/m1/s1. The van der Waals surface area contributed by atoms with Crippen LogP contribution in [-0.4, -0.2) is 32.0 Å². The summed E-state index contributed by atoms with van der Waals surface area (Å²) in [5.74, 6) is -0.0242. The minimum absolute atomic E-state index is 0.0242. The third-order valence-electron chi connectivity index (χ3n) is 7.53. The van der Waals surface area contributed by atoms with Crippen molar-refractivity contribution in [3.63, 3.8) is 0 Å². The fraction of sp³-hybridized carbons (Fsp3) is 0.281. The molecule has 39 heavy (non-hydrogen) atoms. The Labute approximate surface area is 236 Å². The van der Waals surface area contributed by atoms with Crippen molar-refractivity contribution in [2.75, 3.05) is 11.9 Å². The Balaban J connectivity index is 1.46. The van der Waals surface area contributed by atoms with Gasteiger partial charge in [0.05, 0.1) is 17.8 Å². The first-order valence-corrected chi connectivity index (χ1v) is 13.9. The van der Waals surface area contributed by atoms with Crippen LogP contribution < -0.4 is 10.6 Å². The van der Waals surface area contributed by atoms with Crippen LogP contribution >= 0.6 is 12.2 Å². The number of nitrogens with zero attached hydrogens (tertiary/aromatic N) is 3. The predicted octanol–water partition coefficient (Wildman–Crippen LogP) is 6.36. The summed E-state index contributed by atoms with van der Waals surface area (Å²) in [4.78, 5) is 19.9. The maximum atomic E-state index is 13.1. The van der Waals surface area contributed by atoms with Gasteiger partial charge in [-0.25, -0.2) is 0 Å². The third kappa shape index (κ3) is 5.45. The number of hydrogen-bond donors (Lipinski definition) is 2. The van der Waals surface area contributed by atoms with E-state index in [0.717, 1.165) is 40.4 Å². The fourth-order valence-electron chi connectivity index (χ4n) is 5.55. The molecule has 4 aromatic rings. The van der Waals surface area contributed by atoms with Gasteiger partial charge in [-0.2, -0.15) is 0 Å². The molecule has 1 saturated heterocycles. The van der Waals surface area contributed by atoms with E-state index in [-0.39, 0.29) is 18.0 Å². The molecular weight excluding hydrogens is 502 g/mol. The van der Waals surface area contributed by atoms with Crippen LogP contribution in [0.3, 0.4) is 0 Å². The number of aryl methyl sites for hydroxylation is 3. The zero-order valence-electron chi connectivity index (χ0n) is 22.9. The number of amides is 1. The van der Waals surface area contributed by atoms with Gasteiger partial charge in [-0.05, 0) is 86.9 Å². The van der Waals surface area contributed by atoms with Gasteiger partial charge in [0.25, 0.3) is 0 Å². The van der Waals surface area contributed by atoms with Crippen LogP contribution in [0.1, 0.15) is 59.2 Å². The Morgan fingerprint density at radius 2 is 1.77 bits per heavy atom. The van der Waals surface area contributed by atoms with Crippen molar-refractivity contribution < 1.29 is 4.79 Å². The summed E-state index contributed by atoms with van der Waals surface area (Å²) in [6.45, 7) is 8.98. The number of benzene rings is 2. The SMILES string of the molecule is CCc1ccccc1NC(=O)CCN1C(=S)N[C@H](c2ccccn2)[C@@H]1c1cc(C)n(-c2ccc(C)cc2)c1C. The molecular formula is C32H35N5OS. The molecule has 200 valence electrons. The Hall–Kier alpha value is -3.97. The largest absolute Gasteiger partial charge is 0.352 e. The molecule has 7 heteroatoms. The lowest BCUT2D eigenvalue weighted by Gasteiger charge is -2.28. The third-order valence-corrected chi connectivity index (χ3v) is 7.88. The molecule has 1 aliphatic heterocycles. The number of pyridine rings is 1. The lowest BCUT2D eigenvalue weighted by atomic mass is 9.96. The topological polar surface area (TPSA) is 62.2 Å². The summed E-state index contributed by atoms with van der Waals surface area (Å²) < 4.78 is 2.29. The Bertz CT molecular complexity index is 1480. The van der Waals surface area contributed by atoms with E-state index in [0.29, 0.717) is 18.1 Å². The Morgan fingerprint density at radius 1 is 1.03 bits per heavy atom. The highest BCUT2D eigenvalue weighted by molar-refractivity contribution is 7.80. The second-order valence-electron chi connectivity index (χ2n) is 10.1. The van der Waals surface area contributed by atoms with E-state index < -0.39 is 0 Å². The lowest BCUT2D eigenvalue weighted by Crippen LogP contribution is -2.33. The van der Waals surface area contributed by atoms with Gasteiger partial charge in [0.1, 0.15) is 0 Å². The van der Waals surface area contributed by atoms with Gasteiger partial charge in [0.15, 0.2) is 5.11 Å². The Kier molecular flexibility index (Phi) is 7.79. The lowest BCUT2D eigenvalue weighted by molar-refractivity contribution is -0.116. The van der Waals surface area contributed by atoms with E-state index >= 15 is 0 Å². The van der Waals surface area contributed by atoms with E-state index in [1.165, 1.54) is 11.1 Å². The van der Waals surface area contributed by atoms with Gasteiger partial charge in [-0.3, -0.25) is 9.78 Å². The van der Waals surface area contributed by atoms with Crippen molar-refractivity contribution in [3.8, 4) is 5.69 Å². The molecule has 0 bridgehead atoms. The van der Waals surface area contributed by atoms with Crippen LogP contribution in [0.5, 0.6) is 0 Å². The molecule has 0 aliphatic carbocycles. The molecule has 0 radical (unpaired) electrons. The number of nitrogens with one attached hydrogen (secondary N) is 2. The zero-order valence-corrected chi connectivity index (χ0v) is 23.8. The summed E-state index contributed by atoms with van der Waals surface area (Å²) >= 11 is 5.86. The number of thiocarbonyl (C=S) groups is 1. The van der Waals surface area contributed by atoms with Gasteiger partial charge >= 0.3 is 0 Å². The average molecular weight is 538 g/mol. The summed E-state index contributed by atoms with van der Waals surface area (Å²) in [6, 6.07) is 24.5. The van der Waals surface area contributed by atoms with Gasteiger partial charge < -0.3 is 20.1 Å². The van der Waals surface area contributed by atoms with Crippen molar-refractivity contribution in [2.24, 2.45) is 0 Å². The van der Waals surface area contributed by atoms with Gasteiger partial charge in [0.2, 0.25) is 5.91 Å². The van der Waals surface area contributed by atoms with E-state index in [4.69, 9.17) is 12.2 Å². The van der Waals surface area contributed by atoms with Crippen LogP contribution in [0.25, 0.3) is 5.69 Å². The molecule has 2 aromatic heterocycles. The fourth-order valence-corrected chi connectivity index (χ4v) is 5.88.